The first-order chi connectivity index (χ1) is 8.93. The van der Waals surface area contributed by atoms with E-state index in [1.54, 1.807) is 0 Å². The summed E-state index contributed by atoms with van der Waals surface area (Å²) in [5.74, 6) is -1.15. The van der Waals surface area contributed by atoms with Crippen molar-refractivity contribution in [3.63, 3.8) is 0 Å². The van der Waals surface area contributed by atoms with Crippen LogP contribution in [0.2, 0.25) is 0 Å². The maximum Gasteiger partial charge on any atom is 0.335 e. The van der Waals surface area contributed by atoms with Crippen molar-refractivity contribution in [3.05, 3.63) is 29.8 Å². The summed E-state index contributed by atoms with van der Waals surface area (Å²) in [6.07, 6.45) is 0. The molecule has 19 heavy (non-hydrogen) atoms. The Hall–Kier alpha value is -1.48. The third-order valence-electron chi connectivity index (χ3n) is 2.44. The number of carboxylic acid groups (broad SMARTS) is 1. The van der Waals surface area contributed by atoms with Crippen LogP contribution in [0.5, 0.6) is 0 Å². The molecular weight excluding hydrogens is 274 g/mol. The zero-order valence-electron chi connectivity index (χ0n) is 10.1. The van der Waals surface area contributed by atoms with Gasteiger partial charge >= 0.3 is 5.97 Å². The highest BCUT2D eigenvalue weighted by Gasteiger charge is 2.23. The third kappa shape index (κ3) is 3.74. The van der Waals surface area contributed by atoms with Crippen LogP contribution in [0.1, 0.15) is 10.4 Å². The van der Waals surface area contributed by atoms with E-state index in [4.69, 9.17) is 15.3 Å². The zero-order valence-corrected chi connectivity index (χ0v) is 10.9. The van der Waals surface area contributed by atoms with Gasteiger partial charge in [-0.2, -0.15) is 4.31 Å². The van der Waals surface area contributed by atoms with E-state index in [1.807, 2.05) is 0 Å². The Morgan fingerprint density at radius 1 is 1.05 bits per heavy atom. The molecule has 1 aromatic rings. The Labute approximate surface area is 110 Å². The van der Waals surface area contributed by atoms with Gasteiger partial charge in [-0.05, 0) is 24.3 Å². The normalized spacial score (nSPS) is 11.7. The molecule has 0 aromatic heterocycles. The summed E-state index contributed by atoms with van der Waals surface area (Å²) in [5, 5.41) is 26.4. The number of aromatic carboxylic acids is 1. The van der Waals surface area contributed by atoms with Gasteiger partial charge in [0.1, 0.15) is 0 Å². The van der Waals surface area contributed by atoms with Gasteiger partial charge in [-0.15, -0.1) is 0 Å². The molecular formula is C11H15NO6S. The molecule has 1 aromatic carbocycles. The highest BCUT2D eigenvalue weighted by Crippen LogP contribution is 2.16. The summed E-state index contributed by atoms with van der Waals surface area (Å²) >= 11 is 0. The summed E-state index contributed by atoms with van der Waals surface area (Å²) in [4.78, 5) is 10.6. The number of hydrogen-bond donors (Lipinski definition) is 3. The fourth-order valence-electron chi connectivity index (χ4n) is 1.49. The summed E-state index contributed by atoms with van der Waals surface area (Å²) in [7, 11) is -3.85. The van der Waals surface area contributed by atoms with Crippen LogP contribution in [-0.2, 0) is 10.0 Å². The Bertz CT molecular complexity index is 519. The summed E-state index contributed by atoms with van der Waals surface area (Å²) in [5.41, 5.74) is -0.0187. The van der Waals surface area contributed by atoms with E-state index in [0.29, 0.717) is 0 Å². The number of hydrogen-bond acceptors (Lipinski definition) is 5. The number of rotatable bonds is 7. The predicted molar refractivity (Wildman–Crippen MR) is 66.3 cm³/mol. The standard InChI is InChI=1S/C11H15NO6S/c13-7-5-12(6-8-14)19(17,18)10-3-1-9(2-4-10)11(15)16/h1-4,13-14H,5-8H2,(H,15,16). The van der Waals surface area contributed by atoms with Crippen LogP contribution < -0.4 is 0 Å². The van der Waals surface area contributed by atoms with Crippen LogP contribution in [0.15, 0.2) is 29.2 Å². The van der Waals surface area contributed by atoms with Crippen molar-refractivity contribution in [1.29, 1.82) is 0 Å². The quantitative estimate of drug-likeness (QED) is 0.615. The minimum atomic E-state index is -3.85. The number of carboxylic acids is 1. The topological polar surface area (TPSA) is 115 Å². The second-order valence-electron chi connectivity index (χ2n) is 3.68. The minimum Gasteiger partial charge on any atom is -0.478 e. The molecule has 106 valence electrons. The first kappa shape index (κ1) is 15.6. The van der Waals surface area contributed by atoms with Crippen molar-refractivity contribution in [2.24, 2.45) is 0 Å². The van der Waals surface area contributed by atoms with E-state index in [0.717, 1.165) is 4.31 Å². The SMILES string of the molecule is O=C(O)c1ccc(S(=O)(=O)N(CCO)CCO)cc1. The monoisotopic (exact) mass is 289 g/mol. The summed E-state index contributed by atoms with van der Waals surface area (Å²) < 4.78 is 25.2. The second-order valence-corrected chi connectivity index (χ2v) is 5.62. The number of carbonyl (C=O) groups is 1. The van der Waals surface area contributed by atoms with E-state index in [-0.39, 0.29) is 36.8 Å². The molecule has 0 fully saturated rings. The highest BCUT2D eigenvalue weighted by molar-refractivity contribution is 7.89. The molecule has 0 aliphatic rings. The molecule has 0 radical (unpaired) electrons. The zero-order chi connectivity index (χ0) is 14.5. The minimum absolute atomic E-state index is 0.0187. The number of benzene rings is 1. The van der Waals surface area contributed by atoms with Crippen LogP contribution in [0, 0.1) is 0 Å². The molecule has 0 spiro atoms. The van der Waals surface area contributed by atoms with Gasteiger partial charge in [0.15, 0.2) is 0 Å². The Balaban J connectivity index is 3.07. The lowest BCUT2D eigenvalue weighted by Crippen LogP contribution is -2.35. The fourth-order valence-corrected chi connectivity index (χ4v) is 2.92. The average Bonchev–Trinajstić information content (AvgIpc) is 2.38. The molecule has 1 rings (SSSR count). The molecule has 0 aliphatic carbocycles. The Morgan fingerprint density at radius 3 is 1.89 bits per heavy atom. The largest absolute Gasteiger partial charge is 0.478 e. The highest BCUT2D eigenvalue weighted by atomic mass is 32.2. The van der Waals surface area contributed by atoms with Gasteiger partial charge in [0.2, 0.25) is 10.0 Å². The lowest BCUT2D eigenvalue weighted by atomic mass is 10.2. The molecule has 0 amide bonds. The van der Waals surface area contributed by atoms with E-state index in [1.165, 1.54) is 24.3 Å². The maximum absolute atomic E-state index is 12.1. The van der Waals surface area contributed by atoms with Crippen molar-refractivity contribution in [2.75, 3.05) is 26.3 Å². The van der Waals surface area contributed by atoms with Crippen molar-refractivity contribution in [3.8, 4) is 0 Å². The number of aliphatic hydroxyl groups excluding tert-OH is 2. The van der Waals surface area contributed by atoms with E-state index < -0.39 is 16.0 Å². The van der Waals surface area contributed by atoms with Gasteiger partial charge in [-0.25, -0.2) is 13.2 Å². The second kappa shape index (κ2) is 6.62. The molecule has 0 atom stereocenters. The lowest BCUT2D eigenvalue weighted by Gasteiger charge is -2.20. The molecule has 0 unspecified atom stereocenters. The van der Waals surface area contributed by atoms with Crippen molar-refractivity contribution in [1.82, 2.24) is 4.31 Å². The maximum atomic E-state index is 12.1. The third-order valence-corrected chi connectivity index (χ3v) is 4.35. The fraction of sp³-hybridized carbons (Fsp3) is 0.364. The van der Waals surface area contributed by atoms with Crippen molar-refractivity contribution < 1.29 is 28.5 Å². The molecule has 0 saturated carbocycles. The van der Waals surface area contributed by atoms with Crippen LogP contribution in [0.4, 0.5) is 0 Å². The molecule has 7 nitrogen and oxygen atoms in total. The molecule has 0 aliphatic heterocycles. The summed E-state index contributed by atoms with van der Waals surface area (Å²) in [6, 6.07) is 4.73. The molecule has 0 bridgehead atoms. The number of aliphatic hydroxyl groups is 2. The van der Waals surface area contributed by atoms with Gasteiger partial charge in [0, 0.05) is 13.1 Å². The number of sulfonamides is 1. The molecule has 3 N–H and O–H groups in total. The molecule has 8 heteroatoms. The van der Waals surface area contributed by atoms with Crippen molar-refractivity contribution >= 4 is 16.0 Å². The van der Waals surface area contributed by atoms with Gasteiger partial charge in [0.25, 0.3) is 0 Å². The predicted octanol–water partition coefficient (Wildman–Crippen LogP) is -0.640. The van der Waals surface area contributed by atoms with Crippen LogP contribution in [0.25, 0.3) is 0 Å². The van der Waals surface area contributed by atoms with Gasteiger partial charge in [0.05, 0.1) is 23.7 Å². The van der Waals surface area contributed by atoms with Gasteiger partial charge < -0.3 is 15.3 Å². The van der Waals surface area contributed by atoms with E-state index in [2.05, 4.69) is 0 Å². The lowest BCUT2D eigenvalue weighted by molar-refractivity contribution is 0.0696. The van der Waals surface area contributed by atoms with Crippen LogP contribution in [-0.4, -0.2) is 60.3 Å². The smallest absolute Gasteiger partial charge is 0.335 e. The Morgan fingerprint density at radius 2 is 1.53 bits per heavy atom. The van der Waals surface area contributed by atoms with Gasteiger partial charge in [-0.1, -0.05) is 0 Å². The Kier molecular flexibility index (Phi) is 5.43. The number of nitrogens with zero attached hydrogens (tertiary/aromatic N) is 1. The van der Waals surface area contributed by atoms with E-state index in [9.17, 15) is 13.2 Å². The van der Waals surface area contributed by atoms with Gasteiger partial charge in [-0.3, -0.25) is 0 Å². The van der Waals surface area contributed by atoms with Crippen LogP contribution >= 0.6 is 0 Å². The molecule has 0 heterocycles. The first-order valence-corrected chi connectivity index (χ1v) is 6.92. The average molecular weight is 289 g/mol. The summed E-state index contributed by atoms with van der Waals surface area (Å²) in [6.45, 7) is -1.01. The van der Waals surface area contributed by atoms with Crippen LogP contribution in [0.3, 0.4) is 0 Å². The van der Waals surface area contributed by atoms with Crippen molar-refractivity contribution in [2.45, 2.75) is 4.90 Å². The first-order valence-electron chi connectivity index (χ1n) is 5.48. The molecule has 0 saturated heterocycles. The van der Waals surface area contributed by atoms with E-state index >= 15 is 0 Å².